The molecular formula is C13H27N3O. The maximum Gasteiger partial charge on any atom is 0.0621 e. The van der Waals surface area contributed by atoms with Gasteiger partial charge in [-0.3, -0.25) is 4.90 Å². The highest BCUT2D eigenvalue weighted by atomic mass is 16.5. The van der Waals surface area contributed by atoms with E-state index in [1.54, 1.807) is 0 Å². The van der Waals surface area contributed by atoms with Crippen LogP contribution in [-0.4, -0.2) is 68.3 Å². The van der Waals surface area contributed by atoms with Gasteiger partial charge in [0.25, 0.3) is 0 Å². The zero-order valence-electron chi connectivity index (χ0n) is 11.3. The van der Waals surface area contributed by atoms with E-state index in [0.29, 0.717) is 12.0 Å². The number of hydrogen-bond acceptors (Lipinski definition) is 4. The van der Waals surface area contributed by atoms with Gasteiger partial charge in [0.1, 0.15) is 0 Å². The molecule has 3 atom stereocenters. The summed E-state index contributed by atoms with van der Waals surface area (Å²) in [5.74, 6) is 0.535. The predicted octanol–water partition coefficient (Wildman–Crippen LogP) is 0.376. The predicted molar refractivity (Wildman–Crippen MR) is 70.1 cm³/mol. The summed E-state index contributed by atoms with van der Waals surface area (Å²) in [5.41, 5.74) is 6.09. The summed E-state index contributed by atoms with van der Waals surface area (Å²) in [5, 5.41) is 0. The van der Waals surface area contributed by atoms with Gasteiger partial charge in [0, 0.05) is 31.1 Å². The van der Waals surface area contributed by atoms with E-state index in [9.17, 15) is 0 Å². The normalized spacial score (nSPS) is 37.2. The molecule has 0 aromatic rings. The highest BCUT2D eigenvalue weighted by Crippen LogP contribution is 2.18. The first kappa shape index (κ1) is 13.3. The molecular weight excluding hydrogens is 214 g/mol. The van der Waals surface area contributed by atoms with Crippen molar-refractivity contribution in [2.45, 2.75) is 31.8 Å². The summed E-state index contributed by atoms with van der Waals surface area (Å²) in [7, 11) is 2.23. The minimum absolute atomic E-state index is 0.244. The SMILES string of the molecule is CCC1CN(C)CCCN1CC1COCC1N. The molecule has 4 nitrogen and oxygen atoms in total. The number of ether oxygens (including phenoxy) is 1. The standard InChI is InChI=1S/C13H27N3O/c1-3-12-8-15(2)5-4-6-16(12)7-11-9-17-10-13(11)14/h11-13H,3-10,14H2,1-2H3. The molecule has 2 fully saturated rings. The lowest BCUT2D eigenvalue weighted by Crippen LogP contribution is -2.45. The Balaban J connectivity index is 1.92. The molecule has 0 aliphatic carbocycles. The summed E-state index contributed by atoms with van der Waals surface area (Å²) in [6.45, 7) is 8.64. The maximum absolute atomic E-state index is 6.09. The second kappa shape index (κ2) is 6.14. The van der Waals surface area contributed by atoms with Crippen LogP contribution in [0.2, 0.25) is 0 Å². The minimum Gasteiger partial charge on any atom is -0.379 e. The van der Waals surface area contributed by atoms with Crippen molar-refractivity contribution >= 4 is 0 Å². The van der Waals surface area contributed by atoms with E-state index in [0.717, 1.165) is 19.8 Å². The molecule has 2 rings (SSSR count). The second-order valence-electron chi connectivity index (χ2n) is 5.63. The van der Waals surface area contributed by atoms with Crippen LogP contribution in [0.15, 0.2) is 0 Å². The van der Waals surface area contributed by atoms with Crippen LogP contribution in [0.25, 0.3) is 0 Å². The molecule has 0 spiro atoms. The summed E-state index contributed by atoms with van der Waals surface area (Å²) >= 11 is 0. The van der Waals surface area contributed by atoms with Crippen molar-refractivity contribution in [3.05, 3.63) is 0 Å². The Hall–Kier alpha value is -0.160. The van der Waals surface area contributed by atoms with Gasteiger partial charge in [0.2, 0.25) is 0 Å². The monoisotopic (exact) mass is 241 g/mol. The highest BCUT2D eigenvalue weighted by molar-refractivity contribution is 4.85. The van der Waals surface area contributed by atoms with Crippen molar-refractivity contribution in [2.75, 3.05) is 46.4 Å². The van der Waals surface area contributed by atoms with Crippen LogP contribution in [0.4, 0.5) is 0 Å². The highest BCUT2D eigenvalue weighted by Gasteiger charge is 2.30. The van der Waals surface area contributed by atoms with Gasteiger partial charge in [-0.2, -0.15) is 0 Å². The molecule has 4 heteroatoms. The molecule has 2 N–H and O–H groups in total. The summed E-state index contributed by atoms with van der Waals surface area (Å²) < 4.78 is 5.47. The Morgan fingerprint density at radius 3 is 2.76 bits per heavy atom. The molecule has 0 aromatic heterocycles. The molecule has 2 heterocycles. The van der Waals surface area contributed by atoms with Gasteiger partial charge in [0.05, 0.1) is 13.2 Å². The fourth-order valence-corrected chi connectivity index (χ4v) is 3.02. The van der Waals surface area contributed by atoms with E-state index in [4.69, 9.17) is 10.5 Å². The van der Waals surface area contributed by atoms with Crippen LogP contribution in [0.3, 0.4) is 0 Å². The Morgan fingerprint density at radius 2 is 2.12 bits per heavy atom. The lowest BCUT2D eigenvalue weighted by atomic mass is 10.0. The van der Waals surface area contributed by atoms with Crippen LogP contribution < -0.4 is 5.73 Å². The van der Waals surface area contributed by atoms with Gasteiger partial charge in [-0.1, -0.05) is 6.92 Å². The third-order valence-corrected chi connectivity index (χ3v) is 4.21. The van der Waals surface area contributed by atoms with E-state index in [-0.39, 0.29) is 6.04 Å². The largest absolute Gasteiger partial charge is 0.379 e. The van der Waals surface area contributed by atoms with E-state index >= 15 is 0 Å². The van der Waals surface area contributed by atoms with Crippen LogP contribution in [0, 0.1) is 5.92 Å². The van der Waals surface area contributed by atoms with Gasteiger partial charge in [-0.05, 0) is 33.0 Å². The van der Waals surface area contributed by atoms with Gasteiger partial charge < -0.3 is 15.4 Å². The first-order valence-corrected chi connectivity index (χ1v) is 6.96. The smallest absolute Gasteiger partial charge is 0.0621 e. The van der Waals surface area contributed by atoms with Gasteiger partial charge in [-0.25, -0.2) is 0 Å². The van der Waals surface area contributed by atoms with Crippen molar-refractivity contribution in [3.63, 3.8) is 0 Å². The molecule has 2 aliphatic rings. The number of hydrogen-bond donors (Lipinski definition) is 1. The molecule has 2 aliphatic heterocycles. The first-order chi connectivity index (χ1) is 8.20. The number of nitrogens with two attached hydrogens (primary N) is 1. The Morgan fingerprint density at radius 1 is 1.29 bits per heavy atom. The van der Waals surface area contributed by atoms with Gasteiger partial charge >= 0.3 is 0 Å². The van der Waals surface area contributed by atoms with Crippen molar-refractivity contribution in [1.82, 2.24) is 9.80 Å². The third kappa shape index (κ3) is 3.41. The molecule has 0 radical (unpaired) electrons. The summed E-state index contributed by atoms with van der Waals surface area (Å²) in [6, 6.07) is 0.934. The van der Waals surface area contributed by atoms with Gasteiger partial charge in [-0.15, -0.1) is 0 Å². The fraction of sp³-hybridized carbons (Fsp3) is 1.00. The van der Waals surface area contributed by atoms with E-state index in [1.165, 1.54) is 32.5 Å². The average Bonchev–Trinajstić information content (AvgIpc) is 2.61. The van der Waals surface area contributed by atoms with Crippen LogP contribution >= 0.6 is 0 Å². The quantitative estimate of drug-likeness (QED) is 0.775. The summed E-state index contributed by atoms with van der Waals surface area (Å²) in [6.07, 6.45) is 2.50. The maximum atomic E-state index is 6.09. The van der Waals surface area contributed by atoms with E-state index in [2.05, 4.69) is 23.8 Å². The van der Waals surface area contributed by atoms with Crippen molar-refractivity contribution in [2.24, 2.45) is 11.7 Å². The van der Waals surface area contributed by atoms with Crippen molar-refractivity contribution in [3.8, 4) is 0 Å². The fourth-order valence-electron chi connectivity index (χ4n) is 3.02. The zero-order valence-corrected chi connectivity index (χ0v) is 11.3. The third-order valence-electron chi connectivity index (χ3n) is 4.21. The molecule has 17 heavy (non-hydrogen) atoms. The Labute approximate surface area is 105 Å². The molecule has 0 aromatic carbocycles. The molecule has 100 valence electrons. The second-order valence-corrected chi connectivity index (χ2v) is 5.63. The van der Waals surface area contributed by atoms with Crippen molar-refractivity contribution < 1.29 is 4.74 Å². The number of nitrogens with zero attached hydrogens (tertiary/aromatic N) is 2. The van der Waals surface area contributed by atoms with Crippen LogP contribution in [-0.2, 0) is 4.74 Å². The lowest BCUT2D eigenvalue weighted by Gasteiger charge is -2.32. The lowest BCUT2D eigenvalue weighted by molar-refractivity contribution is 0.138. The Kier molecular flexibility index (Phi) is 4.79. The summed E-state index contributed by atoms with van der Waals surface area (Å²) in [4.78, 5) is 5.10. The molecule has 3 unspecified atom stereocenters. The Bertz CT molecular complexity index is 237. The molecule has 0 saturated carbocycles. The van der Waals surface area contributed by atoms with Crippen LogP contribution in [0.1, 0.15) is 19.8 Å². The van der Waals surface area contributed by atoms with Gasteiger partial charge in [0.15, 0.2) is 0 Å². The number of rotatable bonds is 3. The first-order valence-electron chi connectivity index (χ1n) is 6.96. The molecule has 0 bridgehead atoms. The number of likely N-dealkylation sites (N-methyl/N-ethyl adjacent to an activating group) is 1. The topological polar surface area (TPSA) is 41.7 Å². The average molecular weight is 241 g/mol. The van der Waals surface area contributed by atoms with Crippen molar-refractivity contribution in [1.29, 1.82) is 0 Å². The van der Waals surface area contributed by atoms with E-state index < -0.39 is 0 Å². The van der Waals surface area contributed by atoms with E-state index in [1.807, 2.05) is 0 Å². The van der Waals surface area contributed by atoms with Crippen LogP contribution in [0.5, 0.6) is 0 Å². The molecule has 2 saturated heterocycles. The minimum atomic E-state index is 0.244. The molecule has 0 amide bonds. The zero-order chi connectivity index (χ0) is 12.3.